The molecule has 0 saturated heterocycles. The van der Waals surface area contributed by atoms with Gasteiger partial charge in [-0.3, -0.25) is 0 Å². The smallest absolute Gasteiger partial charge is 0.0456 e. The number of benzene rings is 2. The van der Waals surface area contributed by atoms with Gasteiger partial charge in [0.2, 0.25) is 0 Å². The van der Waals surface area contributed by atoms with Crippen LogP contribution in [0.25, 0.3) is 22.4 Å². The Morgan fingerprint density at radius 1 is 0.789 bits per heavy atom. The molecule has 94 valence electrons. The Morgan fingerprint density at radius 3 is 1.84 bits per heavy atom. The van der Waals surface area contributed by atoms with Crippen molar-refractivity contribution in [2.45, 2.75) is 6.92 Å². The second-order valence-corrected chi connectivity index (χ2v) is 5.59. The average molecular weight is 312 g/mol. The lowest BCUT2D eigenvalue weighted by Gasteiger charge is -2.04. The Bertz CT molecular complexity index is 678. The topological polar surface area (TPSA) is 15.8 Å². The molecular weight excluding hydrogens is 298 g/mol. The van der Waals surface area contributed by atoms with Crippen molar-refractivity contribution in [1.82, 2.24) is 4.98 Å². The van der Waals surface area contributed by atoms with Gasteiger partial charge in [-0.2, -0.15) is 0 Å². The summed E-state index contributed by atoms with van der Waals surface area (Å²) in [4.78, 5) is 3.28. The number of halogens is 1. The van der Waals surface area contributed by atoms with E-state index in [1.807, 2.05) is 6.20 Å². The van der Waals surface area contributed by atoms with Crippen LogP contribution in [-0.4, -0.2) is 4.98 Å². The molecule has 1 heterocycles. The molecule has 19 heavy (non-hydrogen) atoms. The summed E-state index contributed by atoms with van der Waals surface area (Å²) in [7, 11) is 0. The number of hydrogen-bond acceptors (Lipinski definition) is 0. The van der Waals surface area contributed by atoms with Crippen molar-refractivity contribution in [2.24, 2.45) is 0 Å². The fourth-order valence-corrected chi connectivity index (χ4v) is 2.42. The minimum Gasteiger partial charge on any atom is -0.361 e. The summed E-state index contributed by atoms with van der Waals surface area (Å²) >= 11 is 3.46. The molecule has 0 bridgehead atoms. The number of nitrogens with one attached hydrogen (secondary N) is 1. The lowest BCUT2D eigenvalue weighted by Crippen LogP contribution is -1.80. The first-order chi connectivity index (χ1) is 9.22. The molecule has 0 aliphatic carbocycles. The van der Waals surface area contributed by atoms with Crippen LogP contribution in [0.4, 0.5) is 0 Å². The summed E-state index contributed by atoms with van der Waals surface area (Å²) in [5, 5.41) is 0. The fraction of sp³-hybridized carbons (Fsp3) is 0.0588. The largest absolute Gasteiger partial charge is 0.361 e. The minimum atomic E-state index is 1.11. The van der Waals surface area contributed by atoms with E-state index >= 15 is 0 Å². The number of aromatic amines is 1. The SMILES string of the molecule is Cc1c[nH]c(-c2ccc(-c3ccc(Br)cc3)cc2)c1. The molecule has 0 spiro atoms. The highest BCUT2D eigenvalue weighted by Crippen LogP contribution is 2.25. The first-order valence-electron chi connectivity index (χ1n) is 6.24. The number of H-pyrrole nitrogens is 1. The van der Waals surface area contributed by atoms with Crippen LogP contribution >= 0.6 is 15.9 Å². The van der Waals surface area contributed by atoms with Gasteiger partial charge >= 0.3 is 0 Å². The second-order valence-electron chi connectivity index (χ2n) is 4.67. The Hall–Kier alpha value is -1.80. The number of aromatic nitrogens is 1. The molecule has 0 atom stereocenters. The van der Waals surface area contributed by atoms with Crippen molar-refractivity contribution in [2.75, 3.05) is 0 Å². The van der Waals surface area contributed by atoms with E-state index in [-0.39, 0.29) is 0 Å². The lowest BCUT2D eigenvalue weighted by atomic mass is 10.0. The van der Waals surface area contributed by atoms with E-state index in [9.17, 15) is 0 Å². The van der Waals surface area contributed by atoms with Gasteiger partial charge < -0.3 is 4.98 Å². The maximum absolute atomic E-state index is 3.46. The summed E-state index contributed by atoms with van der Waals surface area (Å²) in [6.07, 6.45) is 2.03. The van der Waals surface area contributed by atoms with Gasteiger partial charge in [-0.15, -0.1) is 0 Å². The molecule has 3 aromatic rings. The van der Waals surface area contributed by atoms with Gasteiger partial charge in [0.25, 0.3) is 0 Å². The molecule has 2 heteroatoms. The summed E-state index contributed by atoms with van der Waals surface area (Å²) in [6, 6.07) is 19.2. The second kappa shape index (κ2) is 5.06. The van der Waals surface area contributed by atoms with Crippen LogP contribution < -0.4 is 0 Å². The molecule has 0 fully saturated rings. The zero-order valence-electron chi connectivity index (χ0n) is 10.7. The standard InChI is InChI=1S/C17H14BrN/c1-12-10-17(19-11-12)15-4-2-13(3-5-15)14-6-8-16(18)9-7-14/h2-11,19H,1H3. The Labute approximate surface area is 121 Å². The van der Waals surface area contributed by atoms with Gasteiger partial charge in [-0.05, 0) is 47.4 Å². The first kappa shape index (κ1) is 12.2. The van der Waals surface area contributed by atoms with Crippen LogP contribution in [0.2, 0.25) is 0 Å². The maximum Gasteiger partial charge on any atom is 0.0456 e. The van der Waals surface area contributed by atoms with Crippen LogP contribution in [0.1, 0.15) is 5.56 Å². The summed E-state index contributed by atoms with van der Waals surface area (Å²) in [5.74, 6) is 0. The van der Waals surface area contributed by atoms with Gasteiger partial charge in [0, 0.05) is 16.4 Å². The van der Waals surface area contributed by atoms with E-state index in [0.29, 0.717) is 0 Å². The Balaban J connectivity index is 1.92. The normalized spacial score (nSPS) is 10.6. The predicted molar refractivity (Wildman–Crippen MR) is 84.1 cm³/mol. The molecule has 0 radical (unpaired) electrons. The van der Waals surface area contributed by atoms with Gasteiger partial charge in [0.05, 0.1) is 0 Å². The number of hydrogen-bond donors (Lipinski definition) is 1. The molecule has 3 rings (SSSR count). The highest BCUT2D eigenvalue weighted by molar-refractivity contribution is 9.10. The average Bonchev–Trinajstić information content (AvgIpc) is 2.87. The van der Waals surface area contributed by atoms with Crippen LogP contribution in [0.15, 0.2) is 65.3 Å². The number of rotatable bonds is 2. The molecule has 2 aromatic carbocycles. The van der Waals surface area contributed by atoms with Crippen molar-refractivity contribution >= 4 is 15.9 Å². The van der Waals surface area contributed by atoms with E-state index in [2.05, 4.69) is 82.4 Å². The van der Waals surface area contributed by atoms with Crippen molar-refractivity contribution in [3.63, 3.8) is 0 Å². The van der Waals surface area contributed by atoms with Gasteiger partial charge in [0.1, 0.15) is 0 Å². The third-order valence-electron chi connectivity index (χ3n) is 3.20. The lowest BCUT2D eigenvalue weighted by molar-refractivity contribution is 1.38. The van der Waals surface area contributed by atoms with Crippen molar-refractivity contribution in [1.29, 1.82) is 0 Å². The van der Waals surface area contributed by atoms with Crippen LogP contribution in [-0.2, 0) is 0 Å². The maximum atomic E-state index is 3.46. The Kier molecular flexibility index (Phi) is 3.26. The number of aryl methyl sites for hydroxylation is 1. The minimum absolute atomic E-state index is 1.11. The molecule has 0 aliphatic heterocycles. The van der Waals surface area contributed by atoms with Crippen molar-refractivity contribution < 1.29 is 0 Å². The third-order valence-corrected chi connectivity index (χ3v) is 3.73. The van der Waals surface area contributed by atoms with Crippen molar-refractivity contribution in [3.05, 3.63) is 70.8 Å². The van der Waals surface area contributed by atoms with Gasteiger partial charge in [0.15, 0.2) is 0 Å². The summed E-state index contributed by atoms with van der Waals surface area (Å²) < 4.78 is 1.11. The molecule has 0 aliphatic rings. The fourth-order valence-electron chi connectivity index (χ4n) is 2.15. The van der Waals surface area contributed by atoms with E-state index in [4.69, 9.17) is 0 Å². The molecule has 1 aromatic heterocycles. The zero-order valence-corrected chi connectivity index (χ0v) is 12.2. The zero-order chi connectivity index (χ0) is 13.2. The summed E-state index contributed by atoms with van der Waals surface area (Å²) in [5.41, 5.74) is 6.11. The van der Waals surface area contributed by atoms with Crippen LogP contribution in [0, 0.1) is 6.92 Å². The van der Waals surface area contributed by atoms with Crippen LogP contribution in [0.3, 0.4) is 0 Å². The van der Waals surface area contributed by atoms with E-state index in [0.717, 1.165) is 4.47 Å². The van der Waals surface area contributed by atoms with Gasteiger partial charge in [-0.25, -0.2) is 0 Å². The highest BCUT2D eigenvalue weighted by atomic mass is 79.9. The highest BCUT2D eigenvalue weighted by Gasteiger charge is 2.01. The molecule has 0 unspecified atom stereocenters. The molecular formula is C17H14BrN. The third kappa shape index (κ3) is 2.64. The first-order valence-corrected chi connectivity index (χ1v) is 7.03. The van der Waals surface area contributed by atoms with E-state index in [1.165, 1.54) is 27.9 Å². The molecule has 0 amide bonds. The predicted octanol–water partition coefficient (Wildman–Crippen LogP) is 5.42. The molecule has 1 N–H and O–H groups in total. The van der Waals surface area contributed by atoms with E-state index < -0.39 is 0 Å². The van der Waals surface area contributed by atoms with Crippen LogP contribution in [0.5, 0.6) is 0 Å². The molecule has 0 saturated carbocycles. The van der Waals surface area contributed by atoms with Gasteiger partial charge in [-0.1, -0.05) is 52.3 Å². The Morgan fingerprint density at radius 2 is 1.32 bits per heavy atom. The quantitative estimate of drug-likeness (QED) is 0.650. The van der Waals surface area contributed by atoms with Crippen molar-refractivity contribution in [3.8, 4) is 22.4 Å². The summed E-state index contributed by atoms with van der Waals surface area (Å²) in [6.45, 7) is 2.09. The molecule has 1 nitrogen and oxygen atoms in total. The van der Waals surface area contributed by atoms with E-state index in [1.54, 1.807) is 0 Å². The monoisotopic (exact) mass is 311 g/mol.